The van der Waals surface area contributed by atoms with Gasteiger partial charge in [0.05, 0.1) is 0 Å². The van der Waals surface area contributed by atoms with E-state index in [9.17, 15) is 9.59 Å². The molecule has 2 aromatic heterocycles. The monoisotopic (exact) mass is 454 g/mol. The zero-order valence-corrected chi connectivity index (χ0v) is 18.2. The van der Waals surface area contributed by atoms with Crippen LogP contribution in [0.15, 0.2) is 42.7 Å². The summed E-state index contributed by atoms with van der Waals surface area (Å²) in [5.41, 5.74) is 8.41. The third-order valence-electron chi connectivity index (χ3n) is 4.37. The lowest BCUT2D eigenvalue weighted by atomic mass is 9.96. The number of carbonyl (C=O) groups excluding carboxylic acids is 2. The number of anilines is 2. The smallest absolute Gasteiger partial charge is 0.408 e. The highest BCUT2D eigenvalue weighted by Crippen LogP contribution is 2.32. The van der Waals surface area contributed by atoms with Crippen LogP contribution < -0.4 is 21.7 Å². The van der Waals surface area contributed by atoms with Gasteiger partial charge >= 0.3 is 12.1 Å². The van der Waals surface area contributed by atoms with Crippen LogP contribution in [-0.2, 0) is 11.3 Å². The van der Waals surface area contributed by atoms with Gasteiger partial charge in [0.1, 0.15) is 11.6 Å². The number of fused-ring (bicyclic) bond motifs is 1. The summed E-state index contributed by atoms with van der Waals surface area (Å²) in [5.74, 6) is 3.02. The largest absolute Gasteiger partial charge is 0.436 e. The fourth-order valence-corrected chi connectivity index (χ4v) is 3.03. The molecule has 10 heteroatoms. The Morgan fingerprint density at radius 3 is 2.69 bits per heavy atom. The van der Waals surface area contributed by atoms with E-state index in [4.69, 9.17) is 16.9 Å². The van der Waals surface area contributed by atoms with E-state index in [0.717, 1.165) is 27.5 Å². The molecule has 0 atom stereocenters. The Bertz CT molecular complexity index is 1160. The molecule has 0 aliphatic rings. The first-order valence-electron chi connectivity index (χ1n) is 9.54. The number of nitrogens with zero attached hydrogens (tertiary/aromatic N) is 2. The van der Waals surface area contributed by atoms with Crippen LogP contribution in [0.4, 0.5) is 21.2 Å². The normalized spacial score (nSPS) is 9.88. The number of pyridine rings is 2. The molecule has 0 fully saturated rings. The zero-order chi connectivity index (χ0) is 22.2. The topological polar surface area (TPSA) is 131 Å². The molecule has 0 bridgehead atoms. The number of aromatic nitrogens is 2. The van der Waals surface area contributed by atoms with E-state index >= 15 is 0 Å². The lowest BCUT2D eigenvalue weighted by Crippen LogP contribution is -2.28. The van der Waals surface area contributed by atoms with Crippen LogP contribution in [0.2, 0.25) is 0 Å². The first kappa shape index (κ1) is 24.2. The van der Waals surface area contributed by atoms with Gasteiger partial charge in [-0.25, -0.2) is 19.6 Å². The van der Waals surface area contributed by atoms with E-state index in [1.54, 1.807) is 24.5 Å². The first-order chi connectivity index (χ1) is 15.0. The van der Waals surface area contributed by atoms with E-state index < -0.39 is 6.09 Å². The highest BCUT2D eigenvalue weighted by Gasteiger charge is 2.12. The maximum atomic E-state index is 11.9. The standard InChI is InChI=1S/C22H22N6O3.ClH/c1-3-9-31-22(30)27-12-15-5-6-16(14-7-8-25-19(23)10-14)17-11-20(26-13-18(15)17)28-21(29)24-4-2;/h1,5-8,10-11,13H,4,9,12H2,2H3,(H2,23,25)(H,27,30)(H2,24,26,28,29);1H. The number of nitrogen functional groups attached to an aromatic ring is 1. The number of ether oxygens (including phenoxy) is 1. The van der Waals surface area contributed by atoms with E-state index in [2.05, 4.69) is 31.8 Å². The number of urea groups is 1. The van der Waals surface area contributed by atoms with Crippen LogP contribution in [0.3, 0.4) is 0 Å². The van der Waals surface area contributed by atoms with Crippen molar-refractivity contribution in [1.82, 2.24) is 20.6 Å². The summed E-state index contributed by atoms with van der Waals surface area (Å²) in [5, 5.41) is 9.66. The van der Waals surface area contributed by atoms with Crippen LogP contribution in [-0.4, -0.2) is 35.2 Å². The summed E-state index contributed by atoms with van der Waals surface area (Å²) in [6.07, 6.45) is 7.76. The van der Waals surface area contributed by atoms with Crippen molar-refractivity contribution in [2.75, 3.05) is 24.2 Å². The Kier molecular flexibility index (Phi) is 8.63. The summed E-state index contributed by atoms with van der Waals surface area (Å²) < 4.78 is 4.84. The number of hydrogen-bond donors (Lipinski definition) is 4. The third-order valence-corrected chi connectivity index (χ3v) is 4.37. The van der Waals surface area contributed by atoms with Crippen molar-refractivity contribution in [3.05, 3.63) is 48.3 Å². The highest BCUT2D eigenvalue weighted by atomic mass is 35.5. The van der Waals surface area contributed by atoms with Gasteiger partial charge in [-0.05, 0) is 47.2 Å². The van der Waals surface area contributed by atoms with Gasteiger partial charge in [0.2, 0.25) is 0 Å². The van der Waals surface area contributed by atoms with Gasteiger partial charge in [-0.15, -0.1) is 18.8 Å². The summed E-state index contributed by atoms with van der Waals surface area (Å²) in [6.45, 7) is 2.43. The molecule has 3 rings (SSSR count). The highest BCUT2D eigenvalue weighted by molar-refractivity contribution is 6.01. The van der Waals surface area contributed by atoms with Crippen LogP contribution in [0.5, 0.6) is 0 Å². The van der Waals surface area contributed by atoms with Crippen molar-refractivity contribution < 1.29 is 14.3 Å². The van der Waals surface area contributed by atoms with Crippen LogP contribution >= 0.6 is 12.4 Å². The number of carbonyl (C=O) groups is 2. The molecule has 32 heavy (non-hydrogen) atoms. The van der Waals surface area contributed by atoms with Crippen molar-refractivity contribution in [2.24, 2.45) is 0 Å². The number of amides is 3. The zero-order valence-electron chi connectivity index (χ0n) is 17.3. The minimum absolute atomic E-state index is 0. The maximum Gasteiger partial charge on any atom is 0.408 e. The Labute approximate surface area is 191 Å². The molecular formula is C22H23ClN6O3. The Hall–Kier alpha value is -4.03. The first-order valence-corrected chi connectivity index (χ1v) is 9.54. The van der Waals surface area contributed by atoms with E-state index in [1.807, 2.05) is 25.1 Å². The molecular weight excluding hydrogens is 432 g/mol. The molecule has 0 spiro atoms. The van der Waals surface area contributed by atoms with Crippen molar-refractivity contribution >= 4 is 46.9 Å². The lowest BCUT2D eigenvalue weighted by Gasteiger charge is -2.14. The number of halogens is 1. The average molecular weight is 455 g/mol. The second-order valence-electron chi connectivity index (χ2n) is 6.48. The van der Waals surface area contributed by atoms with Crippen molar-refractivity contribution in [1.29, 1.82) is 0 Å². The second-order valence-corrected chi connectivity index (χ2v) is 6.48. The SMILES string of the molecule is C#CCOC(=O)NCc1ccc(-c2ccnc(N)c2)c2cc(NC(=O)NCC)ncc12.Cl. The molecule has 0 unspecified atom stereocenters. The summed E-state index contributed by atoms with van der Waals surface area (Å²) in [7, 11) is 0. The van der Waals surface area contributed by atoms with Gasteiger partial charge in [0.25, 0.3) is 0 Å². The number of hydrogen-bond acceptors (Lipinski definition) is 6. The number of nitrogens with two attached hydrogens (primary N) is 1. The summed E-state index contributed by atoms with van der Waals surface area (Å²) in [6, 6.07) is 8.83. The molecule has 0 aliphatic heterocycles. The molecule has 1 aromatic carbocycles. The summed E-state index contributed by atoms with van der Waals surface area (Å²) in [4.78, 5) is 32.0. The molecule has 5 N–H and O–H groups in total. The molecule has 0 saturated carbocycles. The molecule has 166 valence electrons. The van der Waals surface area contributed by atoms with Crippen LogP contribution in [0.1, 0.15) is 12.5 Å². The molecule has 3 amide bonds. The van der Waals surface area contributed by atoms with E-state index in [-0.39, 0.29) is 31.6 Å². The van der Waals surface area contributed by atoms with Crippen molar-refractivity contribution in [3.8, 4) is 23.5 Å². The lowest BCUT2D eigenvalue weighted by molar-refractivity contribution is 0.159. The van der Waals surface area contributed by atoms with Crippen molar-refractivity contribution in [2.45, 2.75) is 13.5 Å². The number of benzene rings is 1. The Morgan fingerprint density at radius 1 is 1.16 bits per heavy atom. The number of terminal acetylenes is 1. The molecule has 9 nitrogen and oxygen atoms in total. The van der Waals surface area contributed by atoms with Crippen LogP contribution in [0.25, 0.3) is 21.9 Å². The van der Waals surface area contributed by atoms with Crippen molar-refractivity contribution in [3.63, 3.8) is 0 Å². The Morgan fingerprint density at radius 2 is 1.97 bits per heavy atom. The number of alkyl carbamates (subject to hydrolysis) is 1. The van der Waals surface area contributed by atoms with Gasteiger partial charge < -0.3 is 21.1 Å². The molecule has 0 saturated heterocycles. The van der Waals surface area contributed by atoms with Gasteiger partial charge in [-0.2, -0.15) is 0 Å². The van der Waals surface area contributed by atoms with E-state index in [0.29, 0.717) is 18.2 Å². The third kappa shape index (κ3) is 6.00. The van der Waals surface area contributed by atoms with Crippen LogP contribution in [0, 0.1) is 12.3 Å². The van der Waals surface area contributed by atoms with Gasteiger partial charge in [-0.1, -0.05) is 18.1 Å². The molecule has 3 aromatic rings. The maximum absolute atomic E-state index is 11.9. The predicted octanol–water partition coefficient (Wildman–Crippen LogP) is 3.30. The fourth-order valence-electron chi connectivity index (χ4n) is 3.03. The van der Waals surface area contributed by atoms with E-state index in [1.165, 1.54) is 0 Å². The van der Waals surface area contributed by atoms with Gasteiger partial charge in [0.15, 0.2) is 6.61 Å². The molecule has 2 heterocycles. The Balaban J connectivity index is 0.00000363. The average Bonchev–Trinajstić information content (AvgIpc) is 2.76. The number of nitrogens with one attached hydrogen (secondary N) is 3. The quantitative estimate of drug-likeness (QED) is 0.422. The predicted molar refractivity (Wildman–Crippen MR) is 126 cm³/mol. The fraction of sp³-hybridized carbons (Fsp3) is 0.182. The minimum atomic E-state index is -0.612. The number of rotatable bonds is 6. The summed E-state index contributed by atoms with van der Waals surface area (Å²) >= 11 is 0. The molecule has 0 radical (unpaired) electrons. The van der Waals surface area contributed by atoms with Gasteiger partial charge in [-0.3, -0.25) is 5.32 Å². The minimum Gasteiger partial charge on any atom is -0.436 e. The second kappa shape index (κ2) is 11.4. The van der Waals surface area contributed by atoms with Gasteiger partial charge in [0, 0.05) is 30.9 Å². The molecule has 0 aliphatic carbocycles.